The first-order valence-electron chi connectivity index (χ1n) is 7.22. The Labute approximate surface area is 118 Å². The van der Waals surface area contributed by atoms with Crippen molar-refractivity contribution >= 4 is 17.7 Å². The summed E-state index contributed by atoms with van der Waals surface area (Å²) in [6, 6.07) is 0. The van der Waals surface area contributed by atoms with Gasteiger partial charge in [0, 0.05) is 19.7 Å². The van der Waals surface area contributed by atoms with E-state index in [4.69, 9.17) is 4.74 Å². The van der Waals surface area contributed by atoms with E-state index < -0.39 is 0 Å². The standard InChI is InChI=1S/C13H22N4OS/c1-19-13-15-14-12(16-7-3-2-4-8-16)17(13)10-11-6-5-9-18-11/h11H,2-10H2,1H3. The first kappa shape index (κ1) is 13.2. The van der Waals surface area contributed by atoms with Crippen LogP contribution in [-0.2, 0) is 11.3 Å². The van der Waals surface area contributed by atoms with Gasteiger partial charge < -0.3 is 9.64 Å². The molecule has 0 amide bonds. The second-order valence-corrected chi connectivity index (χ2v) is 6.05. The Morgan fingerprint density at radius 1 is 1.21 bits per heavy atom. The van der Waals surface area contributed by atoms with Gasteiger partial charge in [-0.3, -0.25) is 4.57 Å². The van der Waals surface area contributed by atoms with Crippen LogP contribution < -0.4 is 4.90 Å². The van der Waals surface area contributed by atoms with Crippen molar-refractivity contribution in [1.29, 1.82) is 0 Å². The van der Waals surface area contributed by atoms with Crippen LogP contribution >= 0.6 is 11.8 Å². The van der Waals surface area contributed by atoms with E-state index in [1.54, 1.807) is 11.8 Å². The minimum atomic E-state index is 0.338. The maximum atomic E-state index is 5.76. The first-order chi connectivity index (χ1) is 9.38. The van der Waals surface area contributed by atoms with Gasteiger partial charge in [0.2, 0.25) is 5.95 Å². The average molecular weight is 282 g/mol. The average Bonchev–Trinajstić information content (AvgIpc) is 3.10. The summed E-state index contributed by atoms with van der Waals surface area (Å²) in [5.41, 5.74) is 0. The Balaban J connectivity index is 1.79. The molecule has 0 spiro atoms. The van der Waals surface area contributed by atoms with Crippen LogP contribution in [0.3, 0.4) is 0 Å². The maximum absolute atomic E-state index is 5.76. The molecule has 2 aliphatic rings. The molecule has 2 aliphatic heterocycles. The fourth-order valence-electron chi connectivity index (χ4n) is 2.91. The van der Waals surface area contributed by atoms with Gasteiger partial charge in [-0.2, -0.15) is 0 Å². The van der Waals surface area contributed by atoms with E-state index in [1.165, 1.54) is 25.7 Å². The molecule has 5 nitrogen and oxygen atoms in total. The van der Waals surface area contributed by atoms with Crippen molar-refractivity contribution < 1.29 is 4.74 Å². The van der Waals surface area contributed by atoms with E-state index in [2.05, 4.69) is 25.9 Å². The van der Waals surface area contributed by atoms with Crippen LogP contribution in [0.4, 0.5) is 5.95 Å². The Bertz CT molecular complexity index is 411. The summed E-state index contributed by atoms with van der Waals surface area (Å²) in [5.74, 6) is 1.04. The quantitative estimate of drug-likeness (QED) is 0.792. The molecule has 0 radical (unpaired) electrons. The fraction of sp³-hybridized carbons (Fsp3) is 0.846. The van der Waals surface area contributed by atoms with E-state index in [9.17, 15) is 0 Å². The molecular formula is C13H22N4OS. The smallest absolute Gasteiger partial charge is 0.228 e. The predicted octanol–water partition coefficient (Wildman–Crippen LogP) is 2.17. The van der Waals surface area contributed by atoms with Crippen LogP contribution in [-0.4, -0.2) is 46.8 Å². The number of ether oxygens (including phenoxy) is 1. The van der Waals surface area contributed by atoms with Gasteiger partial charge in [0.05, 0.1) is 12.6 Å². The van der Waals surface area contributed by atoms with Gasteiger partial charge in [-0.25, -0.2) is 0 Å². The molecule has 3 heterocycles. The van der Waals surface area contributed by atoms with Crippen molar-refractivity contribution in [2.24, 2.45) is 0 Å². The molecular weight excluding hydrogens is 260 g/mol. The number of hydrogen-bond acceptors (Lipinski definition) is 5. The predicted molar refractivity (Wildman–Crippen MR) is 76.8 cm³/mol. The Kier molecular flexibility index (Phi) is 4.28. The largest absolute Gasteiger partial charge is 0.376 e. The van der Waals surface area contributed by atoms with Crippen LogP contribution in [0.2, 0.25) is 0 Å². The van der Waals surface area contributed by atoms with Crippen molar-refractivity contribution in [3.63, 3.8) is 0 Å². The number of hydrogen-bond donors (Lipinski definition) is 0. The Hall–Kier alpha value is -0.750. The molecule has 0 aromatic carbocycles. The van der Waals surface area contributed by atoms with Crippen molar-refractivity contribution in [3.8, 4) is 0 Å². The van der Waals surface area contributed by atoms with Crippen molar-refractivity contribution in [3.05, 3.63) is 0 Å². The summed E-state index contributed by atoms with van der Waals surface area (Å²) in [4.78, 5) is 2.38. The highest BCUT2D eigenvalue weighted by Crippen LogP contribution is 2.25. The van der Waals surface area contributed by atoms with Crippen LogP contribution in [0.5, 0.6) is 0 Å². The molecule has 0 N–H and O–H groups in total. The molecule has 3 rings (SSSR count). The molecule has 0 aliphatic carbocycles. The summed E-state index contributed by atoms with van der Waals surface area (Å²) >= 11 is 1.67. The second-order valence-electron chi connectivity index (χ2n) is 5.28. The van der Waals surface area contributed by atoms with Crippen molar-refractivity contribution in [2.75, 3.05) is 30.9 Å². The lowest BCUT2D eigenvalue weighted by atomic mass is 10.1. The third-order valence-electron chi connectivity index (χ3n) is 3.93. The van der Waals surface area contributed by atoms with E-state index in [-0.39, 0.29) is 0 Å². The van der Waals surface area contributed by atoms with Gasteiger partial charge in [0.1, 0.15) is 0 Å². The molecule has 2 saturated heterocycles. The zero-order valence-corrected chi connectivity index (χ0v) is 12.4. The highest BCUT2D eigenvalue weighted by atomic mass is 32.2. The van der Waals surface area contributed by atoms with Crippen LogP contribution in [0.25, 0.3) is 0 Å². The highest BCUT2D eigenvalue weighted by molar-refractivity contribution is 7.98. The summed E-state index contributed by atoms with van der Waals surface area (Å²) in [6.45, 7) is 4.02. The minimum absolute atomic E-state index is 0.338. The van der Waals surface area contributed by atoms with Gasteiger partial charge in [0.25, 0.3) is 0 Å². The van der Waals surface area contributed by atoms with Gasteiger partial charge in [-0.1, -0.05) is 11.8 Å². The summed E-state index contributed by atoms with van der Waals surface area (Å²) in [7, 11) is 0. The third-order valence-corrected chi connectivity index (χ3v) is 4.60. The van der Waals surface area contributed by atoms with Crippen LogP contribution in [0, 0.1) is 0 Å². The molecule has 1 atom stereocenters. The summed E-state index contributed by atoms with van der Waals surface area (Å²) < 4.78 is 8.02. The van der Waals surface area contributed by atoms with Gasteiger partial charge in [0.15, 0.2) is 5.16 Å². The van der Waals surface area contributed by atoms with Crippen LogP contribution in [0.15, 0.2) is 5.16 Å². The lowest BCUT2D eigenvalue weighted by Gasteiger charge is -2.28. The van der Waals surface area contributed by atoms with Crippen LogP contribution in [0.1, 0.15) is 32.1 Å². The van der Waals surface area contributed by atoms with Gasteiger partial charge in [-0.15, -0.1) is 10.2 Å². The fourth-order valence-corrected chi connectivity index (χ4v) is 3.41. The van der Waals surface area contributed by atoms with Crippen molar-refractivity contribution in [1.82, 2.24) is 14.8 Å². The number of piperidine rings is 1. The van der Waals surface area contributed by atoms with Gasteiger partial charge in [-0.05, 0) is 38.4 Å². The molecule has 0 saturated carbocycles. The lowest BCUT2D eigenvalue weighted by Crippen LogP contribution is -2.33. The van der Waals surface area contributed by atoms with E-state index in [1.807, 2.05) is 0 Å². The summed E-state index contributed by atoms with van der Waals surface area (Å²) in [6.07, 6.45) is 8.61. The number of thioether (sulfide) groups is 1. The molecule has 1 aromatic rings. The molecule has 1 aromatic heterocycles. The number of aromatic nitrogens is 3. The Morgan fingerprint density at radius 2 is 2.05 bits per heavy atom. The molecule has 19 heavy (non-hydrogen) atoms. The minimum Gasteiger partial charge on any atom is -0.376 e. The molecule has 2 fully saturated rings. The van der Waals surface area contributed by atoms with Crippen molar-refractivity contribution in [2.45, 2.75) is 49.9 Å². The Morgan fingerprint density at radius 3 is 2.74 bits per heavy atom. The number of anilines is 1. The molecule has 1 unspecified atom stereocenters. The first-order valence-corrected chi connectivity index (χ1v) is 8.44. The third kappa shape index (κ3) is 2.89. The zero-order valence-electron chi connectivity index (χ0n) is 11.5. The molecule has 6 heteroatoms. The van der Waals surface area contributed by atoms with E-state index in [0.717, 1.165) is 43.8 Å². The van der Waals surface area contributed by atoms with E-state index in [0.29, 0.717) is 6.10 Å². The number of nitrogens with zero attached hydrogens (tertiary/aromatic N) is 4. The lowest BCUT2D eigenvalue weighted by molar-refractivity contribution is 0.0952. The number of rotatable bonds is 4. The summed E-state index contributed by atoms with van der Waals surface area (Å²) in [5, 5.41) is 9.76. The normalized spacial score (nSPS) is 24.1. The topological polar surface area (TPSA) is 43.2 Å². The highest BCUT2D eigenvalue weighted by Gasteiger charge is 2.23. The SMILES string of the molecule is CSc1nnc(N2CCCCC2)n1CC1CCCO1. The maximum Gasteiger partial charge on any atom is 0.228 e. The molecule has 106 valence electrons. The van der Waals surface area contributed by atoms with E-state index >= 15 is 0 Å². The monoisotopic (exact) mass is 282 g/mol. The zero-order chi connectivity index (χ0) is 13.1. The van der Waals surface area contributed by atoms with Gasteiger partial charge >= 0.3 is 0 Å². The second kappa shape index (κ2) is 6.13. The molecule has 0 bridgehead atoms.